The molecule has 20 heavy (non-hydrogen) atoms. The molecule has 0 spiro atoms. The summed E-state index contributed by atoms with van der Waals surface area (Å²) in [7, 11) is 0. The normalized spacial score (nSPS) is 25.6. The highest BCUT2D eigenvalue weighted by atomic mass is 35.5. The Morgan fingerprint density at radius 1 is 1.25 bits per heavy atom. The first-order valence-electron chi connectivity index (χ1n) is 7.90. The van der Waals surface area contributed by atoms with E-state index in [1.807, 2.05) is 6.07 Å². The molecule has 0 aliphatic heterocycles. The lowest BCUT2D eigenvalue weighted by Crippen LogP contribution is -2.33. The van der Waals surface area contributed by atoms with Crippen molar-refractivity contribution in [2.45, 2.75) is 59.4 Å². The maximum atomic E-state index is 6.12. The summed E-state index contributed by atoms with van der Waals surface area (Å²) >= 11 is 7.86. The number of nitrogens with one attached hydrogen (secondary N) is 1. The lowest BCUT2D eigenvalue weighted by atomic mass is 9.68. The Hall–Kier alpha value is -0.0500. The fraction of sp³-hybridized carbons (Fsp3) is 0.765. The lowest BCUT2D eigenvalue weighted by Gasteiger charge is -2.39. The average Bonchev–Trinajstić information content (AvgIpc) is 2.81. The van der Waals surface area contributed by atoms with Crippen molar-refractivity contribution in [3.63, 3.8) is 0 Å². The zero-order valence-electron chi connectivity index (χ0n) is 13.2. The van der Waals surface area contributed by atoms with Crippen LogP contribution in [0.15, 0.2) is 12.1 Å². The molecule has 1 aliphatic rings. The molecule has 1 nitrogen and oxygen atoms in total. The fourth-order valence-corrected chi connectivity index (χ4v) is 4.76. The Labute approximate surface area is 133 Å². The number of hydrogen-bond acceptors (Lipinski definition) is 2. The molecule has 1 heterocycles. The zero-order chi connectivity index (χ0) is 14.8. The topological polar surface area (TPSA) is 12.0 Å². The number of thiophene rings is 1. The second-order valence-electron chi connectivity index (χ2n) is 7.15. The molecule has 114 valence electrons. The van der Waals surface area contributed by atoms with E-state index in [0.29, 0.717) is 11.5 Å². The highest BCUT2D eigenvalue weighted by molar-refractivity contribution is 7.16. The zero-order valence-corrected chi connectivity index (χ0v) is 14.8. The van der Waals surface area contributed by atoms with E-state index in [1.165, 1.54) is 30.6 Å². The SMILES string of the molecule is CCNC(c1ccc(Cl)s1)C1CCC(C(C)(C)C)CC1. The second-order valence-corrected chi connectivity index (χ2v) is 8.90. The van der Waals surface area contributed by atoms with E-state index in [1.54, 1.807) is 11.3 Å². The molecular weight excluding hydrogens is 286 g/mol. The summed E-state index contributed by atoms with van der Waals surface area (Å²) in [5, 5.41) is 3.69. The van der Waals surface area contributed by atoms with Crippen molar-refractivity contribution in [2.24, 2.45) is 17.3 Å². The van der Waals surface area contributed by atoms with Crippen LogP contribution in [-0.4, -0.2) is 6.54 Å². The summed E-state index contributed by atoms with van der Waals surface area (Å²) in [5.41, 5.74) is 0.463. The summed E-state index contributed by atoms with van der Waals surface area (Å²) in [6.45, 7) is 10.4. The molecule has 0 radical (unpaired) electrons. The van der Waals surface area contributed by atoms with E-state index in [0.717, 1.165) is 22.7 Å². The summed E-state index contributed by atoms with van der Waals surface area (Å²) < 4.78 is 0.909. The maximum absolute atomic E-state index is 6.12. The minimum absolute atomic E-state index is 0.463. The van der Waals surface area contributed by atoms with Gasteiger partial charge in [0.1, 0.15) is 0 Å². The van der Waals surface area contributed by atoms with Crippen LogP contribution in [0.25, 0.3) is 0 Å². The molecule has 1 aromatic heterocycles. The first-order valence-corrected chi connectivity index (χ1v) is 9.10. The summed E-state index contributed by atoms with van der Waals surface area (Å²) in [6, 6.07) is 4.74. The molecule has 0 saturated heterocycles. The molecule has 0 bridgehead atoms. The third kappa shape index (κ3) is 3.99. The first-order chi connectivity index (χ1) is 9.41. The van der Waals surface area contributed by atoms with Gasteiger partial charge in [-0.3, -0.25) is 0 Å². The van der Waals surface area contributed by atoms with Gasteiger partial charge in [-0.25, -0.2) is 0 Å². The van der Waals surface area contributed by atoms with E-state index in [-0.39, 0.29) is 0 Å². The van der Waals surface area contributed by atoms with Crippen molar-refractivity contribution in [3.05, 3.63) is 21.3 Å². The van der Waals surface area contributed by atoms with Gasteiger partial charge in [-0.05, 0) is 61.6 Å². The van der Waals surface area contributed by atoms with E-state index < -0.39 is 0 Å². The Kier molecular flexibility index (Phi) is 5.56. The van der Waals surface area contributed by atoms with E-state index in [2.05, 4.69) is 39.1 Å². The molecule has 2 rings (SSSR count). The van der Waals surface area contributed by atoms with Crippen LogP contribution in [0.3, 0.4) is 0 Å². The van der Waals surface area contributed by atoms with Crippen molar-refractivity contribution in [3.8, 4) is 0 Å². The molecule has 1 unspecified atom stereocenters. The Morgan fingerprint density at radius 3 is 2.35 bits per heavy atom. The monoisotopic (exact) mass is 313 g/mol. The Morgan fingerprint density at radius 2 is 1.90 bits per heavy atom. The maximum Gasteiger partial charge on any atom is 0.0931 e. The fourth-order valence-electron chi connectivity index (χ4n) is 3.53. The Bertz CT molecular complexity index is 413. The van der Waals surface area contributed by atoms with Crippen LogP contribution < -0.4 is 5.32 Å². The van der Waals surface area contributed by atoms with Gasteiger partial charge in [0.2, 0.25) is 0 Å². The molecule has 1 fully saturated rings. The second kappa shape index (κ2) is 6.81. The molecule has 1 atom stereocenters. The van der Waals surface area contributed by atoms with Gasteiger partial charge in [0.25, 0.3) is 0 Å². The van der Waals surface area contributed by atoms with Crippen molar-refractivity contribution >= 4 is 22.9 Å². The van der Waals surface area contributed by atoms with Gasteiger partial charge in [-0.15, -0.1) is 11.3 Å². The van der Waals surface area contributed by atoms with Crippen molar-refractivity contribution < 1.29 is 0 Å². The molecule has 1 aromatic rings. The smallest absolute Gasteiger partial charge is 0.0931 e. The molecule has 0 amide bonds. The largest absolute Gasteiger partial charge is 0.309 e. The van der Waals surface area contributed by atoms with Crippen LogP contribution >= 0.6 is 22.9 Å². The number of halogens is 1. The molecule has 0 aromatic carbocycles. The van der Waals surface area contributed by atoms with Gasteiger partial charge < -0.3 is 5.32 Å². The van der Waals surface area contributed by atoms with Crippen LogP contribution in [0.5, 0.6) is 0 Å². The summed E-state index contributed by atoms with van der Waals surface area (Å²) in [6.07, 6.45) is 5.43. The van der Waals surface area contributed by atoms with Gasteiger partial charge in [0.05, 0.1) is 4.34 Å². The van der Waals surface area contributed by atoms with Gasteiger partial charge in [0.15, 0.2) is 0 Å². The van der Waals surface area contributed by atoms with Crippen molar-refractivity contribution in [1.82, 2.24) is 5.32 Å². The third-order valence-corrected chi connectivity index (χ3v) is 6.11. The molecule has 1 N–H and O–H groups in total. The number of hydrogen-bond donors (Lipinski definition) is 1. The number of rotatable bonds is 4. The van der Waals surface area contributed by atoms with Crippen molar-refractivity contribution in [1.29, 1.82) is 0 Å². The van der Waals surface area contributed by atoms with Crippen LogP contribution in [-0.2, 0) is 0 Å². The predicted molar refractivity (Wildman–Crippen MR) is 90.6 cm³/mol. The minimum Gasteiger partial charge on any atom is -0.309 e. The van der Waals surface area contributed by atoms with E-state index >= 15 is 0 Å². The molecule has 3 heteroatoms. The summed E-state index contributed by atoms with van der Waals surface area (Å²) in [4.78, 5) is 1.41. The van der Waals surface area contributed by atoms with Gasteiger partial charge in [-0.2, -0.15) is 0 Å². The highest BCUT2D eigenvalue weighted by Crippen LogP contribution is 2.44. The quantitative estimate of drug-likeness (QED) is 0.729. The van der Waals surface area contributed by atoms with E-state index in [9.17, 15) is 0 Å². The average molecular weight is 314 g/mol. The third-order valence-electron chi connectivity index (χ3n) is 4.79. The lowest BCUT2D eigenvalue weighted by molar-refractivity contribution is 0.133. The van der Waals surface area contributed by atoms with Gasteiger partial charge in [-0.1, -0.05) is 39.3 Å². The van der Waals surface area contributed by atoms with Gasteiger partial charge in [0, 0.05) is 10.9 Å². The first kappa shape index (κ1) is 16.3. The van der Waals surface area contributed by atoms with Crippen LogP contribution in [0.1, 0.15) is 64.3 Å². The van der Waals surface area contributed by atoms with Crippen LogP contribution in [0, 0.1) is 17.3 Å². The van der Waals surface area contributed by atoms with Crippen LogP contribution in [0.2, 0.25) is 4.34 Å². The Balaban J connectivity index is 2.02. The van der Waals surface area contributed by atoms with Crippen LogP contribution in [0.4, 0.5) is 0 Å². The van der Waals surface area contributed by atoms with Crippen molar-refractivity contribution in [2.75, 3.05) is 6.54 Å². The molecular formula is C17H28ClNS. The predicted octanol–water partition coefficient (Wildman–Crippen LogP) is 5.90. The highest BCUT2D eigenvalue weighted by Gasteiger charge is 2.33. The standard InChI is InChI=1S/C17H28ClNS/c1-5-19-16(14-10-11-15(18)20-14)12-6-8-13(9-7-12)17(2,3)4/h10-13,16,19H,5-9H2,1-4H3. The molecule has 1 aliphatic carbocycles. The van der Waals surface area contributed by atoms with Gasteiger partial charge >= 0.3 is 0 Å². The molecule has 1 saturated carbocycles. The van der Waals surface area contributed by atoms with E-state index in [4.69, 9.17) is 11.6 Å². The summed E-state index contributed by atoms with van der Waals surface area (Å²) in [5.74, 6) is 1.65. The minimum atomic E-state index is 0.463.